The molecule has 0 spiro atoms. The number of nitrogens with zero attached hydrogens (tertiary/aromatic N) is 1. The van der Waals surface area contributed by atoms with E-state index in [0.29, 0.717) is 19.1 Å². The molecule has 0 aromatic heterocycles. The fraction of sp³-hybridized carbons (Fsp3) is 0.727. The number of carbonyl (C=O) groups is 1. The molecule has 0 aromatic carbocycles. The zero-order valence-corrected chi connectivity index (χ0v) is 10.7. The highest BCUT2D eigenvalue weighted by Gasteiger charge is 2.10. The predicted molar refractivity (Wildman–Crippen MR) is 65.5 cm³/mol. The Morgan fingerprint density at radius 1 is 1.60 bits per heavy atom. The van der Waals surface area contributed by atoms with Gasteiger partial charge in [-0.2, -0.15) is 0 Å². The molecule has 0 aliphatic carbocycles. The molecule has 1 atom stereocenters. The molecule has 0 radical (unpaired) electrons. The van der Waals surface area contributed by atoms with E-state index in [4.69, 9.17) is 4.74 Å². The molecular formula is C11H21NO2S. The summed E-state index contributed by atoms with van der Waals surface area (Å²) in [7, 11) is 0. The van der Waals surface area contributed by atoms with Gasteiger partial charge in [0.15, 0.2) is 0 Å². The molecule has 88 valence electrons. The maximum absolute atomic E-state index is 10.9. The summed E-state index contributed by atoms with van der Waals surface area (Å²) in [5.74, 6) is 1.20. The number of carbonyl (C=O) groups excluding carboxylic acids is 1. The highest BCUT2D eigenvalue weighted by Crippen LogP contribution is 2.13. The van der Waals surface area contributed by atoms with Crippen molar-refractivity contribution in [2.75, 3.05) is 13.2 Å². The van der Waals surface area contributed by atoms with Gasteiger partial charge >= 0.3 is 0 Å². The standard InChI is InChI=1S/C11H21NO2S/c1-5-14-10(3)7-6-9(2)8-12(15)11(4)13/h9,15H,3,5-8H2,1-2,4H3. The van der Waals surface area contributed by atoms with Gasteiger partial charge in [-0.05, 0) is 19.3 Å². The van der Waals surface area contributed by atoms with Crippen molar-refractivity contribution in [3.05, 3.63) is 12.3 Å². The monoisotopic (exact) mass is 231 g/mol. The van der Waals surface area contributed by atoms with E-state index in [-0.39, 0.29) is 5.91 Å². The van der Waals surface area contributed by atoms with E-state index < -0.39 is 0 Å². The van der Waals surface area contributed by atoms with E-state index in [1.54, 1.807) is 0 Å². The Bertz CT molecular complexity index is 219. The van der Waals surface area contributed by atoms with Gasteiger partial charge in [0.2, 0.25) is 5.91 Å². The summed E-state index contributed by atoms with van der Waals surface area (Å²) in [4.78, 5) is 10.9. The third kappa shape index (κ3) is 7.31. The van der Waals surface area contributed by atoms with Gasteiger partial charge in [0.25, 0.3) is 0 Å². The average Bonchev–Trinajstić information content (AvgIpc) is 2.15. The van der Waals surface area contributed by atoms with Gasteiger partial charge in [-0.1, -0.05) is 26.3 Å². The highest BCUT2D eigenvalue weighted by molar-refractivity contribution is 7.78. The van der Waals surface area contributed by atoms with E-state index in [1.807, 2.05) is 6.92 Å². The quantitative estimate of drug-likeness (QED) is 0.539. The normalized spacial score (nSPS) is 12.0. The van der Waals surface area contributed by atoms with Crippen molar-refractivity contribution < 1.29 is 9.53 Å². The molecule has 15 heavy (non-hydrogen) atoms. The fourth-order valence-corrected chi connectivity index (χ4v) is 1.48. The van der Waals surface area contributed by atoms with Gasteiger partial charge in [0, 0.05) is 19.9 Å². The lowest BCUT2D eigenvalue weighted by Gasteiger charge is -2.19. The SMILES string of the molecule is C=C(CCC(C)CN(S)C(C)=O)OCC. The van der Waals surface area contributed by atoms with Crippen LogP contribution in [0.15, 0.2) is 12.3 Å². The Hall–Kier alpha value is -0.640. The van der Waals surface area contributed by atoms with Gasteiger partial charge in [-0.25, -0.2) is 0 Å². The summed E-state index contributed by atoms with van der Waals surface area (Å²) in [5, 5.41) is 0. The summed E-state index contributed by atoms with van der Waals surface area (Å²) in [6, 6.07) is 0. The van der Waals surface area contributed by atoms with Gasteiger partial charge < -0.3 is 4.74 Å². The number of rotatable bonds is 7. The summed E-state index contributed by atoms with van der Waals surface area (Å²) in [5.41, 5.74) is 0. The molecule has 4 heteroatoms. The van der Waals surface area contributed by atoms with Crippen LogP contribution in [0.4, 0.5) is 0 Å². The van der Waals surface area contributed by atoms with Gasteiger partial charge in [0.1, 0.15) is 0 Å². The third-order valence-corrected chi connectivity index (χ3v) is 2.56. The second-order valence-electron chi connectivity index (χ2n) is 3.72. The Labute approximate surface area is 98.0 Å². The first kappa shape index (κ1) is 14.4. The number of amides is 1. The zero-order chi connectivity index (χ0) is 11.8. The first-order valence-electron chi connectivity index (χ1n) is 5.24. The second-order valence-corrected chi connectivity index (χ2v) is 4.20. The molecule has 0 aliphatic rings. The molecule has 0 aromatic rings. The van der Waals surface area contributed by atoms with Crippen LogP contribution >= 0.6 is 12.8 Å². The molecule has 0 rings (SSSR count). The van der Waals surface area contributed by atoms with E-state index in [2.05, 4.69) is 26.3 Å². The lowest BCUT2D eigenvalue weighted by molar-refractivity contribution is -0.124. The molecule has 0 saturated carbocycles. The minimum absolute atomic E-state index is 0.0196. The van der Waals surface area contributed by atoms with Gasteiger partial charge in [-0.3, -0.25) is 9.10 Å². The van der Waals surface area contributed by atoms with Crippen LogP contribution in [0.3, 0.4) is 0 Å². The van der Waals surface area contributed by atoms with Crippen LogP contribution in [0.25, 0.3) is 0 Å². The second kappa shape index (κ2) is 7.63. The van der Waals surface area contributed by atoms with E-state index >= 15 is 0 Å². The van der Waals surface area contributed by atoms with Crippen molar-refractivity contribution in [2.24, 2.45) is 5.92 Å². The van der Waals surface area contributed by atoms with E-state index in [9.17, 15) is 4.79 Å². The van der Waals surface area contributed by atoms with Crippen molar-refractivity contribution >= 4 is 18.7 Å². The molecule has 3 nitrogen and oxygen atoms in total. The van der Waals surface area contributed by atoms with Gasteiger partial charge in [0.05, 0.1) is 12.4 Å². The van der Waals surface area contributed by atoms with Crippen LogP contribution in [-0.2, 0) is 9.53 Å². The van der Waals surface area contributed by atoms with Crippen molar-refractivity contribution in [3.8, 4) is 0 Å². The molecule has 1 amide bonds. The van der Waals surface area contributed by atoms with Gasteiger partial charge in [-0.15, -0.1) is 0 Å². The topological polar surface area (TPSA) is 29.5 Å². The van der Waals surface area contributed by atoms with E-state index in [0.717, 1.165) is 18.6 Å². The molecule has 0 fully saturated rings. The Kier molecular flexibility index (Phi) is 7.30. The summed E-state index contributed by atoms with van der Waals surface area (Å²) >= 11 is 4.08. The predicted octanol–water partition coefficient (Wildman–Crippen LogP) is 2.65. The Morgan fingerprint density at radius 2 is 2.20 bits per heavy atom. The molecule has 0 aliphatic heterocycles. The van der Waals surface area contributed by atoms with Crippen molar-refractivity contribution in [1.29, 1.82) is 0 Å². The number of allylic oxidation sites excluding steroid dienone is 1. The molecular weight excluding hydrogens is 210 g/mol. The molecule has 0 saturated heterocycles. The number of hydrogen-bond donors (Lipinski definition) is 1. The molecule has 0 heterocycles. The van der Waals surface area contributed by atoms with Crippen LogP contribution in [0.5, 0.6) is 0 Å². The third-order valence-electron chi connectivity index (χ3n) is 2.11. The van der Waals surface area contributed by atoms with Crippen LogP contribution in [0.2, 0.25) is 0 Å². The maximum atomic E-state index is 10.9. The first-order valence-corrected chi connectivity index (χ1v) is 5.64. The average molecular weight is 231 g/mol. The maximum Gasteiger partial charge on any atom is 0.229 e. The fourth-order valence-electron chi connectivity index (χ4n) is 1.20. The van der Waals surface area contributed by atoms with E-state index in [1.165, 1.54) is 11.2 Å². The van der Waals surface area contributed by atoms with Crippen LogP contribution < -0.4 is 0 Å². The number of thiol groups is 1. The molecule has 0 bridgehead atoms. The Balaban J connectivity index is 3.70. The van der Waals surface area contributed by atoms with Crippen LogP contribution in [0.1, 0.15) is 33.6 Å². The Morgan fingerprint density at radius 3 is 2.67 bits per heavy atom. The summed E-state index contributed by atoms with van der Waals surface area (Å²) in [6.45, 7) is 10.7. The minimum Gasteiger partial charge on any atom is -0.499 e. The first-order chi connectivity index (χ1) is 6.97. The minimum atomic E-state index is -0.0196. The molecule has 0 N–H and O–H groups in total. The molecule has 1 unspecified atom stereocenters. The van der Waals surface area contributed by atoms with Crippen molar-refractivity contribution in [1.82, 2.24) is 4.31 Å². The zero-order valence-electron chi connectivity index (χ0n) is 9.82. The lowest BCUT2D eigenvalue weighted by atomic mass is 10.1. The smallest absolute Gasteiger partial charge is 0.229 e. The van der Waals surface area contributed by atoms with Crippen molar-refractivity contribution in [3.63, 3.8) is 0 Å². The highest BCUT2D eigenvalue weighted by atomic mass is 32.1. The van der Waals surface area contributed by atoms with Crippen molar-refractivity contribution in [2.45, 2.75) is 33.6 Å². The summed E-state index contributed by atoms with van der Waals surface area (Å²) in [6.07, 6.45) is 1.80. The number of ether oxygens (including phenoxy) is 1. The lowest BCUT2D eigenvalue weighted by Crippen LogP contribution is -2.24. The van der Waals surface area contributed by atoms with Crippen LogP contribution in [0, 0.1) is 5.92 Å². The number of hydrogen-bond acceptors (Lipinski definition) is 3. The van der Waals surface area contributed by atoms with Crippen LogP contribution in [-0.4, -0.2) is 23.4 Å². The summed E-state index contributed by atoms with van der Waals surface area (Å²) < 4.78 is 6.69. The largest absolute Gasteiger partial charge is 0.499 e.